The van der Waals surface area contributed by atoms with Crippen molar-refractivity contribution in [2.45, 2.75) is 38.5 Å². The molecule has 300 valence electrons. The first-order valence-corrected chi connectivity index (χ1v) is 22.0. The number of nitrogens with zero attached hydrogens (tertiary/aromatic N) is 1. The van der Waals surface area contributed by atoms with Crippen LogP contribution < -0.4 is 4.90 Å². The topological polar surface area (TPSA) is 29.5 Å². The molecule has 0 N–H and O–H groups in total. The van der Waals surface area contributed by atoms with E-state index in [1.54, 1.807) is 0 Å². The molecule has 13 rings (SSSR count). The second kappa shape index (κ2) is 13.0. The molecule has 3 heteroatoms. The van der Waals surface area contributed by atoms with Crippen LogP contribution >= 0.6 is 0 Å². The van der Waals surface area contributed by atoms with Crippen molar-refractivity contribution in [1.29, 1.82) is 0 Å². The highest BCUT2D eigenvalue weighted by atomic mass is 16.3. The van der Waals surface area contributed by atoms with E-state index in [2.05, 4.69) is 209 Å². The summed E-state index contributed by atoms with van der Waals surface area (Å²) in [5.41, 5.74) is 21.7. The number of hydrogen-bond acceptors (Lipinski definition) is 3. The maximum Gasteiger partial charge on any atom is 0.144 e. The lowest BCUT2D eigenvalue weighted by atomic mass is 9.82. The van der Waals surface area contributed by atoms with Crippen molar-refractivity contribution >= 4 is 60.9 Å². The van der Waals surface area contributed by atoms with Gasteiger partial charge in [0.1, 0.15) is 22.3 Å². The molecule has 2 heterocycles. The Bertz CT molecular complexity index is 3570. The van der Waals surface area contributed by atoms with Gasteiger partial charge in [-0.15, -0.1) is 0 Å². The third kappa shape index (κ3) is 5.08. The number of fused-ring (bicyclic) bond motifs is 12. The number of benzene rings is 9. The van der Waals surface area contributed by atoms with E-state index in [9.17, 15) is 0 Å². The summed E-state index contributed by atoms with van der Waals surface area (Å²) in [5, 5.41) is 4.28. The zero-order valence-electron chi connectivity index (χ0n) is 35.7. The van der Waals surface area contributed by atoms with Gasteiger partial charge in [0.2, 0.25) is 0 Å². The van der Waals surface area contributed by atoms with Crippen molar-refractivity contribution in [2.75, 3.05) is 4.90 Å². The molecule has 2 aromatic heterocycles. The van der Waals surface area contributed by atoms with Crippen LogP contribution in [0.4, 0.5) is 17.1 Å². The molecule has 0 fully saturated rings. The maximum atomic E-state index is 6.91. The average molecular weight is 810 g/mol. The smallest absolute Gasteiger partial charge is 0.144 e. The van der Waals surface area contributed by atoms with Gasteiger partial charge in [0.25, 0.3) is 0 Å². The van der Waals surface area contributed by atoms with E-state index in [1.165, 1.54) is 44.5 Å². The second-order valence-corrected chi connectivity index (χ2v) is 18.4. The predicted octanol–water partition coefficient (Wildman–Crippen LogP) is 16.9. The molecule has 0 radical (unpaired) electrons. The van der Waals surface area contributed by atoms with Crippen LogP contribution in [-0.2, 0) is 10.8 Å². The highest BCUT2D eigenvalue weighted by molar-refractivity contribution is 6.25. The van der Waals surface area contributed by atoms with E-state index < -0.39 is 0 Å². The molecule has 9 aromatic carbocycles. The third-order valence-electron chi connectivity index (χ3n) is 14.3. The number of hydrogen-bond donors (Lipinski definition) is 0. The Labute approximate surface area is 366 Å². The van der Waals surface area contributed by atoms with Gasteiger partial charge in [-0.1, -0.05) is 161 Å². The van der Waals surface area contributed by atoms with Gasteiger partial charge >= 0.3 is 0 Å². The second-order valence-electron chi connectivity index (χ2n) is 18.4. The van der Waals surface area contributed by atoms with E-state index in [4.69, 9.17) is 8.83 Å². The molecule has 3 nitrogen and oxygen atoms in total. The quantitative estimate of drug-likeness (QED) is 0.173. The molecule has 11 aromatic rings. The summed E-state index contributed by atoms with van der Waals surface area (Å²) in [6.45, 7) is 9.44. The lowest BCUT2D eigenvalue weighted by Gasteiger charge is -2.30. The Morgan fingerprint density at radius 2 is 0.889 bits per heavy atom. The predicted molar refractivity (Wildman–Crippen MR) is 262 cm³/mol. The highest BCUT2D eigenvalue weighted by Gasteiger charge is 2.38. The standard InChI is InChI=1S/C60H43NO2/c1-59(2)48-21-11-8-17-42(48)44-31-29-39(33-50(44)59)61(40-30-32-45-43-18-9-12-22-49(43)60(3,4)51(45)34-40)38-27-25-36(26-28-38)41-20-14-24-53-56(41)47-35-54-57(46-19-10-13-23-52(46)62-54)55(58(47)63-53)37-15-6-5-7-16-37/h5-35H,1-4H3. The van der Waals surface area contributed by atoms with Gasteiger partial charge in [0.15, 0.2) is 0 Å². The van der Waals surface area contributed by atoms with Gasteiger partial charge in [0, 0.05) is 55.0 Å². The zero-order chi connectivity index (χ0) is 42.2. The van der Waals surface area contributed by atoms with Crippen molar-refractivity contribution in [3.05, 3.63) is 210 Å². The van der Waals surface area contributed by atoms with Crippen molar-refractivity contribution in [3.8, 4) is 44.5 Å². The SMILES string of the molecule is CC1(C)c2ccccc2-c2ccc(N(c3ccc(-c4cccc5oc6c(-c7ccccc7)c7c(cc6c45)oc4ccccc47)cc3)c3ccc4c(c3)C(C)(C)c3ccccc3-4)cc21. The number of anilines is 3. The first-order valence-electron chi connectivity index (χ1n) is 22.0. The van der Waals surface area contributed by atoms with E-state index in [0.717, 1.165) is 83.2 Å². The Hall–Kier alpha value is -7.62. The van der Waals surface area contributed by atoms with E-state index in [1.807, 2.05) is 12.1 Å². The lowest BCUT2D eigenvalue weighted by molar-refractivity contribution is 0.660. The summed E-state index contributed by atoms with van der Waals surface area (Å²) in [5.74, 6) is 0. The van der Waals surface area contributed by atoms with Crippen LogP contribution in [0, 0.1) is 0 Å². The molecule has 0 spiro atoms. The number of rotatable bonds is 5. The summed E-state index contributed by atoms with van der Waals surface area (Å²) in [6.07, 6.45) is 0. The molecule has 0 unspecified atom stereocenters. The summed E-state index contributed by atoms with van der Waals surface area (Å²) in [4.78, 5) is 2.45. The van der Waals surface area contributed by atoms with Crippen LogP contribution in [-0.4, -0.2) is 0 Å². The molecule has 63 heavy (non-hydrogen) atoms. The van der Waals surface area contributed by atoms with Gasteiger partial charge < -0.3 is 13.7 Å². The van der Waals surface area contributed by atoms with Crippen LogP contribution in [0.3, 0.4) is 0 Å². The van der Waals surface area contributed by atoms with Crippen molar-refractivity contribution in [1.82, 2.24) is 0 Å². The summed E-state index contributed by atoms with van der Waals surface area (Å²) in [6, 6.07) is 68.5. The van der Waals surface area contributed by atoms with Gasteiger partial charge in [-0.3, -0.25) is 0 Å². The fourth-order valence-electron chi connectivity index (χ4n) is 11.2. The molecule has 0 aliphatic heterocycles. The summed E-state index contributed by atoms with van der Waals surface area (Å²) in [7, 11) is 0. The van der Waals surface area contributed by atoms with Crippen LogP contribution in [0.15, 0.2) is 197 Å². The first-order chi connectivity index (χ1) is 30.8. The van der Waals surface area contributed by atoms with Crippen LogP contribution in [0.2, 0.25) is 0 Å². The largest absolute Gasteiger partial charge is 0.456 e. The molecular weight excluding hydrogens is 767 g/mol. The molecular formula is C60H43NO2. The Morgan fingerprint density at radius 3 is 1.56 bits per heavy atom. The van der Waals surface area contributed by atoms with Gasteiger partial charge in [-0.05, 0) is 116 Å². The Balaban J connectivity index is 0.985. The van der Waals surface area contributed by atoms with Crippen LogP contribution in [0.1, 0.15) is 49.9 Å². The van der Waals surface area contributed by atoms with E-state index >= 15 is 0 Å². The van der Waals surface area contributed by atoms with Crippen LogP contribution in [0.25, 0.3) is 88.4 Å². The van der Waals surface area contributed by atoms with Crippen molar-refractivity contribution < 1.29 is 8.83 Å². The third-order valence-corrected chi connectivity index (χ3v) is 14.3. The first kappa shape index (κ1) is 36.1. The molecule has 0 amide bonds. The molecule has 0 saturated carbocycles. The van der Waals surface area contributed by atoms with Crippen LogP contribution in [0.5, 0.6) is 0 Å². The van der Waals surface area contributed by atoms with Crippen molar-refractivity contribution in [2.24, 2.45) is 0 Å². The zero-order valence-corrected chi connectivity index (χ0v) is 35.7. The monoisotopic (exact) mass is 809 g/mol. The number of para-hydroxylation sites is 1. The lowest BCUT2D eigenvalue weighted by Crippen LogP contribution is -2.18. The molecule has 0 saturated heterocycles. The maximum absolute atomic E-state index is 6.91. The minimum absolute atomic E-state index is 0.126. The highest BCUT2D eigenvalue weighted by Crippen LogP contribution is 2.54. The fourth-order valence-corrected chi connectivity index (χ4v) is 11.2. The summed E-state index contributed by atoms with van der Waals surface area (Å²) >= 11 is 0. The Morgan fingerprint density at radius 1 is 0.349 bits per heavy atom. The molecule has 2 aliphatic rings. The summed E-state index contributed by atoms with van der Waals surface area (Å²) < 4.78 is 13.5. The van der Waals surface area contributed by atoms with Gasteiger partial charge in [0.05, 0.1) is 0 Å². The molecule has 0 atom stereocenters. The fraction of sp³-hybridized carbons (Fsp3) is 0.100. The van der Waals surface area contributed by atoms with E-state index in [-0.39, 0.29) is 10.8 Å². The molecule has 2 aliphatic carbocycles. The number of furan rings is 2. The normalized spacial score (nSPS) is 14.3. The molecule has 0 bridgehead atoms. The van der Waals surface area contributed by atoms with E-state index in [0.29, 0.717) is 0 Å². The average Bonchev–Trinajstić information content (AvgIpc) is 4.01. The van der Waals surface area contributed by atoms with Gasteiger partial charge in [-0.2, -0.15) is 0 Å². The van der Waals surface area contributed by atoms with Crippen molar-refractivity contribution in [3.63, 3.8) is 0 Å². The Kier molecular flexibility index (Phi) is 7.42. The minimum atomic E-state index is -0.126. The minimum Gasteiger partial charge on any atom is -0.456 e. The van der Waals surface area contributed by atoms with Gasteiger partial charge in [-0.25, -0.2) is 0 Å².